The minimum Gasteiger partial charge on any atom is -0.207 e. The van der Waals surface area contributed by atoms with E-state index in [1.807, 2.05) is 0 Å². The number of benzene rings is 1. The van der Waals surface area contributed by atoms with Crippen LogP contribution >= 0.6 is 0 Å². The maximum absolute atomic E-state index is 13.5. The standard InChI is InChI=1S/C25H36F2/c1-16(2)19-7-8-22-12-20(9-10-21(22)11-19)17-3-5-18(6-4-17)23-13-24(26)15-25(27)14-23/h13-22H,3-12H2,1-2H3/t17?,18?,19-,20+,21-,22+/m0/s1. The maximum Gasteiger partial charge on any atom is 0.126 e. The van der Waals surface area contributed by atoms with Crippen LogP contribution in [0, 0.1) is 47.1 Å². The maximum atomic E-state index is 13.5. The second-order valence-corrected chi connectivity index (χ2v) is 10.2. The Hall–Kier alpha value is -0.920. The fraction of sp³-hybridized carbons (Fsp3) is 0.760. The van der Waals surface area contributed by atoms with Gasteiger partial charge in [0.2, 0.25) is 0 Å². The molecular weight excluding hydrogens is 338 g/mol. The van der Waals surface area contributed by atoms with E-state index in [1.165, 1.54) is 51.4 Å². The van der Waals surface area contributed by atoms with Crippen molar-refractivity contribution in [1.29, 1.82) is 0 Å². The fourth-order valence-electron chi connectivity index (χ4n) is 6.73. The lowest BCUT2D eigenvalue weighted by atomic mass is 9.60. The predicted octanol–water partition coefficient (Wildman–Crippen LogP) is 7.73. The van der Waals surface area contributed by atoms with Crippen LogP contribution in [0.5, 0.6) is 0 Å². The highest BCUT2D eigenvalue weighted by atomic mass is 19.1. The van der Waals surface area contributed by atoms with Gasteiger partial charge in [0.1, 0.15) is 11.6 Å². The summed E-state index contributed by atoms with van der Waals surface area (Å²) in [4.78, 5) is 0. The van der Waals surface area contributed by atoms with E-state index in [1.54, 1.807) is 12.1 Å². The Labute approximate surface area is 164 Å². The smallest absolute Gasteiger partial charge is 0.126 e. The molecule has 27 heavy (non-hydrogen) atoms. The molecule has 0 aromatic heterocycles. The molecule has 2 heteroatoms. The van der Waals surface area contributed by atoms with E-state index in [0.717, 1.165) is 60.0 Å². The van der Waals surface area contributed by atoms with Gasteiger partial charge < -0.3 is 0 Å². The summed E-state index contributed by atoms with van der Waals surface area (Å²) >= 11 is 0. The van der Waals surface area contributed by atoms with Crippen LogP contribution < -0.4 is 0 Å². The quantitative estimate of drug-likeness (QED) is 0.508. The zero-order chi connectivity index (χ0) is 19.0. The van der Waals surface area contributed by atoms with Gasteiger partial charge in [0, 0.05) is 6.07 Å². The van der Waals surface area contributed by atoms with E-state index in [0.29, 0.717) is 5.92 Å². The molecule has 0 bridgehead atoms. The number of hydrogen-bond donors (Lipinski definition) is 0. The molecule has 3 fully saturated rings. The van der Waals surface area contributed by atoms with Gasteiger partial charge in [0.15, 0.2) is 0 Å². The molecule has 1 aromatic rings. The molecule has 0 spiro atoms. The Morgan fingerprint density at radius 2 is 1.19 bits per heavy atom. The van der Waals surface area contributed by atoms with Crippen molar-refractivity contribution >= 4 is 0 Å². The molecule has 0 amide bonds. The van der Waals surface area contributed by atoms with Gasteiger partial charge in [-0.2, -0.15) is 0 Å². The average molecular weight is 375 g/mol. The van der Waals surface area contributed by atoms with Gasteiger partial charge in [0.05, 0.1) is 0 Å². The van der Waals surface area contributed by atoms with Gasteiger partial charge in [-0.25, -0.2) is 8.78 Å². The molecule has 150 valence electrons. The second-order valence-electron chi connectivity index (χ2n) is 10.2. The topological polar surface area (TPSA) is 0 Å². The van der Waals surface area contributed by atoms with Crippen molar-refractivity contribution in [3.8, 4) is 0 Å². The molecule has 0 aliphatic heterocycles. The molecule has 0 nitrogen and oxygen atoms in total. The van der Waals surface area contributed by atoms with E-state index in [9.17, 15) is 8.78 Å². The SMILES string of the molecule is CC(C)[C@H]1CC[C@@H]2C[C@H](C3CCC(c4cc(F)cc(F)c4)CC3)CC[C@H]2C1. The summed E-state index contributed by atoms with van der Waals surface area (Å²) in [6, 6.07) is 4.08. The first-order valence-electron chi connectivity index (χ1n) is 11.5. The van der Waals surface area contributed by atoms with Crippen LogP contribution in [0.4, 0.5) is 8.78 Å². The Balaban J connectivity index is 1.30. The Morgan fingerprint density at radius 3 is 1.81 bits per heavy atom. The van der Waals surface area contributed by atoms with Gasteiger partial charge in [-0.05, 0) is 123 Å². The summed E-state index contributed by atoms with van der Waals surface area (Å²) in [5.74, 6) is 5.05. The third-order valence-corrected chi connectivity index (χ3v) is 8.43. The van der Waals surface area contributed by atoms with Crippen molar-refractivity contribution in [2.24, 2.45) is 35.5 Å². The lowest BCUT2D eigenvalue weighted by Crippen LogP contribution is -2.35. The fourth-order valence-corrected chi connectivity index (χ4v) is 6.73. The molecule has 0 unspecified atom stereocenters. The molecule has 3 aliphatic rings. The summed E-state index contributed by atoms with van der Waals surface area (Å²) in [5.41, 5.74) is 0.877. The van der Waals surface area contributed by atoms with E-state index in [-0.39, 0.29) is 0 Å². The van der Waals surface area contributed by atoms with Crippen LogP contribution in [0.2, 0.25) is 0 Å². The van der Waals surface area contributed by atoms with Gasteiger partial charge in [-0.1, -0.05) is 13.8 Å². The lowest BCUT2D eigenvalue weighted by Gasteiger charge is -2.46. The zero-order valence-electron chi connectivity index (χ0n) is 17.1. The van der Waals surface area contributed by atoms with Crippen molar-refractivity contribution in [3.05, 3.63) is 35.4 Å². The summed E-state index contributed by atoms with van der Waals surface area (Å²) < 4.78 is 27.1. The van der Waals surface area contributed by atoms with E-state index in [4.69, 9.17) is 0 Å². The minimum atomic E-state index is -0.428. The van der Waals surface area contributed by atoms with Crippen LogP contribution in [-0.4, -0.2) is 0 Å². The van der Waals surface area contributed by atoms with Crippen molar-refractivity contribution in [1.82, 2.24) is 0 Å². The molecule has 0 radical (unpaired) electrons. The largest absolute Gasteiger partial charge is 0.207 e. The highest BCUT2D eigenvalue weighted by Crippen LogP contribution is 2.50. The Kier molecular flexibility index (Phi) is 5.90. The van der Waals surface area contributed by atoms with E-state index in [2.05, 4.69) is 13.8 Å². The van der Waals surface area contributed by atoms with Crippen LogP contribution in [0.15, 0.2) is 18.2 Å². The molecule has 3 saturated carbocycles. The van der Waals surface area contributed by atoms with Gasteiger partial charge >= 0.3 is 0 Å². The molecular formula is C25H36F2. The molecule has 4 rings (SSSR count). The normalized spacial score (nSPS) is 37.2. The molecule has 0 N–H and O–H groups in total. The lowest BCUT2D eigenvalue weighted by molar-refractivity contribution is 0.0534. The monoisotopic (exact) mass is 374 g/mol. The number of fused-ring (bicyclic) bond motifs is 1. The van der Waals surface area contributed by atoms with Gasteiger partial charge in [-0.15, -0.1) is 0 Å². The summed E-state index contributed by atoms with van der Waals surface area (Å²) in [6.45, 7) is 4.80. The molecule has 0 saturated heterocycles. The second kappa shape index (κ2) is 8.21. The first-order valence-corrected chi connectivity index (χ1v) is 11.5. The van der Waals surface area contributed by atoms with Crippen LogP contribution in [-0.2, 0) is 0 Å². The van der Waals surface area contributed by atoms with Crippen molar-refractivity contribution in [2.45, 2.75) is 84.0 Å². The third kappa shape index (κ3) is 4.40. The van der Waals surface area contributed by atoms with Gasteiger partial charge in [0.25, 0.3) is 0 Å². The van der Waals surface area contributed by atoms with E-state index < -0.39 is 11.6 Å². The highest BCUT2D eigenvalue weighted by Gasteiger charge is 2.39. The van der Waals surface area contributed by atoms with Crippen molar-refractivity contribution < 1.29 is 8.78 Å². The van der Waals surface area contributed by atoms with Crippen LogP contribution in [0.1, 0.15) is 89.5 Å². The van der Waals surface area contributed by atoms with E-state index >= 15 is 0 Å². The van der Waals surface area contributed by atoms with Crippen LogP contribution in [0.3, 0.4) is 0 Å². The molecule has 3 aliphatic carbocycles. The van der Waals surface area contributed by atoms with Crippen molar-refractivity contribution in [2.75, 3.05) is 0 Å². The molecule has 0 heterocycles. The zero-order valence-corrected chi connectivity index (χ0v) is 17.1. The van der Waals surface area contributed by atoms with Crippen LogP contribution in [0.25, 0.3) is 0 Å². The Morgan fingerprint density at radius 1 is 0.667 bits per heavy atom. The minimum absolute atomic E-state index is 0.351. The summed E-state index contributed by atoms with van der Waals surface area (Å²) in [6.07, 6.45) is 13.4. The third-order valence-electron chi connectivity index (χ3n) is 8.43. The molecule has 4 atom stereocenters. The summed E-state index contributed by atoms with van der Waals surface area (Å²) in [5, 5.41) is 0. The number of hydrogen-bond acceptors (Lipinski definition) is 0. The van der Waals surface area contributed by atoms with Gasteiger partial charge in [-0.3, -0.25) is 0 Å². The first kappa shape index (κ1) is 19.4. The predicted molar refractivity (Wildman–Crippen MR) is 108 cm³/mol. The number of halogens is 2. The average Bonchev–Trinajstić information content (AvgIpc) is 2.66. The summed E-state index contributed by atoms with van der Waals surface area (Å²) in [7, 11) is 0. The molecule has 1 aromatic carbocycles. The first-order chi connectivity index (χ1) is 13.0. The van der Waals surface area contributed by atoms with Crippen molar-refractivity contribution in [3.63, 3.8) is 0 Å². The highest BCUT2D eigenvalue weighted by molar-refractivity contribution is 5.22. The Bertz CT molecular complexity index is 609. The number of rotatable bonds is 3.